The van der Waals surface area contributed by atoms with Crippen molar-refractivity contribution in [2.75, 3.05) is 17.7 Å². The molecular formula is C22H25N3O3S. The monoisotopic (exact) mass is 411 g/mol. The van der Waals surface area contributed by atoms with E-state index in [1.165, 1.54) is 13.5 Å². The fraction of sp³-hybridized carbons (Fsp3) is 0.318. The smallest absolute Gasteiger partial charge is 0.261 e. The zero-order chi connectivity index (χ0) is 20.6. The molecule has 0 atom stereocenters. The predicted molar refractivity (Wildman–Crippen MR) is 118 cm³/mol. The van der Waals surface area contributed by atoms with Gasteiger partial charge in [0.1, 0.15) is 5.75 Å². The highest BCUT2D eigenvalue weighted by Gasteiger charge is 2.21. The second kappa shape index (κ2) is 10.0. The summed E-state index contributed by atoms with van der Waals surface area (Å²) in [6.45, 7) is 0. The first kappa shape index (κ1) is 20.8. The van der Waals surface area contributed by atoms with Crippen LogP contribution in [0.5, 0.6) is 5.75 Å². The first-order valence-corrected chi connectivity index (χ1v) is 10.1. The van der Waals surface area contributed by atoms with Crippen LogP contribution < -0.4 is 20.7 Å². The van der Waals surface area contributed by atoms with Crippen LogP contribution in [0.2, 0.25) is 0 Å². The van der Waals surface area contributed by atoms with Crippen molar-refractivity contribution in [2.45, 2.75) is 32.1 Å². The van der Waals surface area contributed by atoms with Crippen molar-refractivity contribution in [2.24, 2.45) is 5.92 Å². The third kappa shape index (κ3) is 5.77. The fourth-order valence-corrected chi connectivity index (χ4v) is 3.66. The largest absolute Gasteiger partial charge is 0.496 e. The number of carbonyl (C=O) groups excluding carboxylic acids is 2. The molecule has 7 heteroatoms. The van der Waals surface area contributed by atoms with Crippen LogP contribution in [0.1, 0.15) is 42.5 Å². The van der Waals surface area contributed by atoms with Crippen LogP contribution in [-0.2, 0) is 4.79 Å². The van der Waals surface area contributed by atoms with Crippen molar-refractivity contribution < 1.29 is 14.3 Å². The lowest BCUT2D eigenvalue weighted by Gasteiger charge is -2.21. The Balaban J connectivity index is 1.58. The molecule has 0 heterocycles. The lowest BCUT2D eigenvalue weighted by molar-refractivity contribution is -0.120. The van der Waals surface area contributed by atoms with Gasteiger partial charge in [0.05, 0.1) is 12.7 Å². The Bertz CT molecular complexity index is 894. The lowest BCUT2D eigenvalue weighted by Crippen LogP contribution is -2.34. The van der Waals surface area contributed by atoms with Gasteiger partial charge in [0.2, 0.25) is 5.91 Å². The van der Waals surface area contributed by atoms with E-state index < -0.39 is 0 Å². The molecule has 0 aromatic heterocycles. The van der Waals surface area contributed by atoms with Crippen LogP contribution in [-0.4, -0.2) is 24.0 Å². The molecule has 1 saturated carbocycles. The number of para-hydroxylation sites is 1. The molecule has 0 aliphatic heterocycles. The van der Waals surface area contributed by atoms with Crippen LogP contribution >= 0.6 is 12.2 Å². The van der Waals surface area contributed by atoms with Crippen molar-refractivity contribution in [1.29, 1.82) is 0 Å². The lowest BCUT2D eigenvalue weighted by atomic mass is 9.88. The molecule has 2 aromatic rings. The maximum atomic E-state index is 12.4. The summed E-state index contributed by atoms with van der Waals surface area (Å²) in [6.07, 6.45) is 5.33. The molecule has 6 nitrogen and oxygen atoms in total. The van der Waals surface area contributed by atoms with Crippen LogP contribution in [0.3, 0.4) is 0 Å². The van der Waals surface area contributed by atoms with Crippen LogP contribution in [0.15, 0.2) is 48.5 Å². The van der Waals surface area contributed by atoms with E-state index in [1.807, 2.05) is 18.2 Å². The highest BCUT2D eigenvalue weighted by Crippen LogP contribution is 2.25. The van der Waals surface area contributed by atoms with Gasteiger partial charge < -0.3 is 15.4 Å². The van der Waals surface area contributed by atoms with E-state index in [0.717, 1.165) is 25.7 Å². The Morgan fingerprint density at radius 3 is 2.38 bits per heavy atom. The average Bonchev–Trinajstić information content (AvgIpc) is 2.74. The van der Waals surface area contributed by atoms with E-state index in [1.54, 1.807) is 30.3 Å². The molecule has 152 valence electrons. The maximum Gasteiger partial charge on any atom is 0.261 e. The summed E-state index contributed by atoms with van der Waals surface area (Å²) >= 11 is 5.25. The zero-order valence-corrected chi connectivity index (χ0v) is 17.2. The molecule has 0 bridgehead atoms. The summed E-state index contributed by atoms with van der Waals surface area (Å²) in [7, 11) is 1.51. The Hall–Kier alpha value is -2.93. The number of amides is 2. The highest BCUT2D eigenvalue weighted by molar-refractivity contribution is 7.80. The second-order valence-electron chi connectivity index (χ2n) is 7.01. The first-order chi connectivity index (χ1) is 14.1. The molecule has 3 rings (SSSR count). The SMILES string of the molecule is COc1ccccc1C(=O)NC(=S)Nc1cccc(NC(=O)C2CCCCC2)c1. The molecule has 1 fully saturated rings. The fourth-order valence-electron chi connectivity index (χ4n) is 3.45. The van der Waals surface area contributed by atoms with Crippen molar-refractivity contribution in [3.8, 4) is 5.75 Å². The number of nitrogens with one attached hydrogen (secondary N) is 3. The van der Waals surface area contributed by atoms with Gasteiger partial charge in [-0.3, -0.25) is 14.9 Å². The summed E-state index contributed by atoms with van der Waals surface area (Å²) in [5.41, 5.74) is 1.77. The van der Waals surface area contributed by atoms with Crippen LogP contribution in [0.25, 0.3) is 0 Å². The third-order valence-electron chi connectivity index (χ3n) is 4.94. The van der Waals surface area contributed by atoms with E-state index >= 15 is 0 Å². The minimum atomic E-state index is -0.360. The van der Waals surface area contributed by atoms with E-state index in [-0.39, 0.29) is 22.8 Å². The van der Waals surface area contributed by atoms with Crippen LogP contribution in [0.4, 0.5) is 11.4 Å². The van der Waals surface area contributed by atoms with Crippen molar-refractivity contribution in [3.63, 3.8) is 0 Å². The Morgan fingerprint density at radius 1 is 0.966 bits per heavy atom. The molecular weight excluding hydrogens is 386 g/mol. The van der Waals surface area contributed by atoms with Gasteiger partial charge in [-0.2, -0.15) is 0 Å². The average molecular weight is 412 g/mol. The van der Waals surface area contributed by atoms with E-state index in [0.29, 0.717) is 22.7 Å². The minimum Gasteiger partial charge on any atom is -0.496 e. The summed E-state index contributed by atoms with van der Waals surface area (Å²) < 4.78 is 5.20. The molecule has 0 saturated heterocycles. The number of methoxy groups -OCH3 is 1. The normalized spacial score (nSPS) is 14.0. The van der Waals surface area contributed by atoms with Gasteiger partial charge in [0.15, 0.2) is 5.11 Å². The molecule has 2 amide bonds. The number of rotatable bonds is 5. The van der Waals surface area contributed by atoms with Gasteiger partial charge >= 0.3 is 0 Å². The highest BCUT2D eigenvalue weighted by atomic mass is 32.1. The molecule has 1 aliphatic rings. The molecule has 0 radical (unpaired) electrons. The summed E-state index contributed by atoms with van der Waals surface area (Å²) in [5, 5.41) is 8.77. The number of benzene rings is 2. The molecule has 0 spiro atoms. The van der Waals surface area contributed by atoms with E-state index in [4.69, 9.17) is 17.0 Å². The molecule has 2 aromatic carbocycles. The molecule has 0 unspecified atom stereocenters. The summed E-state index contributed by atoms with van der Waals surface area (Å²) in [6, 6.07) is 14.2. The van der Waals surface area contributed by atoms with Crippen LogP contribution in [0, 0.1) is 5.92 Å². The van der Waals surface area contributed by atoms with E-state index in [9.17, 15) is 9.59 Å². The van der Waals surface area contributed by atoms with E-state index in [2.05, 4.69) is 16.0 Å². The number of hydrogen-bond donors (Lipinski definition) is 3. The molecule has 3 N–H and O–H groups in total. The van der Waals surface area contributed by atoms with Gasteiger partial charge in [-0.15, -0.1) is 0 Å². The van der Waals surface area contributed by atoms with Crippen molar-refractivity contribution >= 4 is 40.5 Å². The van der Waals surface area contributed by atoms with Gasteiger partial charge in [-0.1, -0.05) is 37.5 Å². The van der Waals surface area contributed by atoms with Gasteiger partial charge in [-0.05, 0) is 55.4 Å². The van der Waals surface area contributed by atoms with Gasteiger partial charge in [-0.25, -0.2) is 0 Å². The number of thiocarbonyl (C=S) groups is 1. The quantitative estimate of drug-likeness (QED) is 0.638. The molecule has 1 aliphatic carbocycles. The topological polar surface area (TPSA) is 79.5 Å². The Kier molecular flexibility index (Phi) is 7.19. The van der Waals surface area contributed by atoms with Gasteiger partial charge in [0, 0.05) is 17.3 Å². The first-order valence-electron chi connectivity index (χ1n) is 9.73. The summed E-state index contributed by atoms with van der Waals surface area (Å²) in [4.78, 5) is 24.9. The third-order valence-corrected chi connectivity index (χ3v) is 5.15. The standard InChI is InChI=1S/C22H25N3O3S/c1-28-19-13-6-5-12-18(19)21(27)25-22(29)24-17-11-7-10-16(14-17)23-20(26)15-8-3-2-4-9-15/h5-7,10-15H,2-4,8-9H2,1H3,(H,23,26)(H2,24,25,27,29). The predicted octanol–water partition coefficient (Wildman–Crippen LogP) is 4.34. The Labute approximate surface area is 176 Å². The minimum absolute atomic E-state index is 0.0638. The number of carbonyl (C=O) groups is 2. The maximum absolute atomic E-state index is 12.4. The zero-order valence-electron chi connectivity index (χ0n) is 16.4. The number of anilines is 2. The van der Waals surface area contributed by atoms with Crippen molar-refractivity contribution in [1.82, 2.24) is 5.32 Å². The van der Waals surface area contributed by atoms with Crippen molar-refractivity contribution in [3.05, 3.63) is 54.1 Å². The molecule has 29 heavy (non-hydrogen) atoms. The second-order valence-corrected chi connectivity index (χ2v) is 7.42. The number of hydrogen-bond acceptors (Lipinski definition) is 4. The summed E-state index contributed by atoms with van der Waals surface area (Å²) in [5.74, 6) is 0.261. The Morgan fingerprint density at radius 2 is 1.66 bits per heavy atom. The van der Waals surface area contributed by atoms with Gasteiger partial charge in [0.25, 0.3) is 5.91 Å². The number of ether oxygens (including phenoxy) is 1.